The third kappa shape index (κ3) is 3.56. The molecule has 5 nitrogen and oxygen atoms in total. The van der Waals surface area contributed by atoms with E-state index in [2.05, 4.69) is 9.97 Å². The van der Waals surface area contributed by atoms with Crippen LogP contribution in [0.4, 0.5) is 14.5 Å². The van der Waals surface area contributed by atoms with Gasteiger partial charge in [0.2, 0.25) is 0 Å². The molecule has 26 heavy (non-hydrogen) atoms. The lowest BCUT2D eigenvalue weighted by atomic mass is 10.1. The molecule has 0 bridgehead atoms. The third-order valence-electron chi connectivity index (χ3n) is 3.88. The molecule has 0 amide bonds. The van der Waals surface area contributed by atoms with E-state index in [4.69, 9.17) is 15.2 Å². The standard InChI is InChI=1S/C19H17F2N3O2/c1-25-18-8-12(20)3-4-14(18)17-9-13(23-10-24-17)5-11-6-15(21)19(26-2)16(22)7-11/h3-4,6-10H,5,22H2,1-2H3. The zero-order chi connectivity index (χ0) is 18.7. The third-order valence-corrected chi connectivity index (χ3v) is 3.88. The highest BCUT2D eigenvalue weighted by atomic mass is 19.1. The summed E-state index contributed by atoms with van der Waals surface area (Å²) in [4.78, 5) is 8.43. The summed E-state index contributed by atoms with van der Waals surface area (Å²) in [5.41, 5.74) is 8.55. The molecule has 3 rings (SSSR count). The molecule has 7 heteroatoms. The van der Waals surface area contributed by atoms with Gasteiger partial charge in [0, 0.05) is 23.7 Å². The predicted octanol–water partition coefficient (Wildman–Crippen LogP) is 3.61. The van der Waals surface area contributed by atoms with Gasteiger partial charge in [-0.15, -0.1) is 0 Å². The Balaban J connectivity index is 1.94. The highest BCUT2D eigenvalue weighted by Crippen LogP contribution is 2.30. The maximum atomic E-state index is 14.0. The molecule has 2 N–H and O–H groups in total. The van der Waals surface area contributed by atoms with Crippen LogP contribution in [0.3, 0.4) is 0 Å². The minimum absolute atomic E-state index is 0.0215. The topological polar surface area (TPSA) is 70.3 Å². The Morgan fingerprint density at radius 1 is 1.00 bits per heavy atom. The molecule has 0 aliphatic rings. The number of nitrogens with zero attached hydrogens (tertiary/aromatic N) is 2. The zero-order valence-corrected chi connectivity index (χ0v) is 14.3. The van der Waals surface area contributed by atoms with E-state index in [1.807, 2.05) is 0 Å². The van der Waals surface area contributed by atoms with Crippen LogP contribution >= 0.6 is 0 Å². The number of nitrogens with two attached hydrogens (primary N) is 1. The summed E-state index contributed by atoms with van der Waals surface area (Å²) in [6.45, 7) is 0. The van der Waals surface area contributed by atoms with Crippen LogP contribution < -0.4 is 15.2 Å². The van der Waals surface area contributed by atoms with Crippen molar-refractivity contribution in [2.75, 3.05) is 20.0 Å². The average molecular weight is 357 g/mol. The van der Waals surface area contributed by atoms with Crippen LogP contribution in [0.25, 0.3) is 11.3 Å². The van der Waals surface area contributed by atoms with E-state index in [1.165, 1.54) is 38.7 Å². The lowest BCUT2D eigenvalue weighted by molar-refractivity contribution is 0.388. The Bertz CT molecular complexity index is 925. The van der Waals surface area contributed by atoms with Gasteiger partial charge < -0.3 is 15.2 Å². The molecule has 1 heterocycles. The Morgan fingerprint density at radius 2 is 1.81 bits per heavy atom. The van der Waals surface area contributed by atoms with Gasteiger partial charge in [0.25, 0.3) is 0 Å². The predicted molar refractivity (Wildman–Crippen MR) is 94.1 cm³/mol. The molecule has 2 aromatic carbocycles. The fourth-order valence-electron chi connectivity index (χ4n) is 2.72. The summed E-state index contributed by atoms with van der Waals surface area (Å²) in [6, 6.07) is 8.95. The molecule has 0 radical (unpaired) electrons. The first-order chi connectivity index (χ1) is 12.5. The monoisotopic (exact) mass is 357 g/mol. The van der Waals surface area contributed by atoms with Crippen molar-refractivity contribution >= 4 is 5.69 Å². The minimum Gasteiger partial charge on any atom is -0.496 e. The van der Waals surface area contributed by atoms with E-state index >= 15 is 0 Å². The van der Waals surface area contributed by atoms with E-state index < -0.39 is 11.6 Å². The molecule has 0 saturated heterocycles. The Kier molecular flexibility index (Phi) is 4.97. The van der Waals surface area contributed by atoms with Crippen LogP contribution in [-0.2, 0) is 6.42 Å². The second-order valence-corrected chi connectivity index (χ2v) is 5.62. The van der Waals surface area contributed by atoms with E-state index in [9.17, 15) is 8.78 Å². The Labute approximate surface area is 149 Å². The smallest absolute Gasteiger partial charge is 0.177 e. The number of benzene rings is 2. The van der Waals surface area contributed by atoms with Crippen LogP contribution in [0.15, 0.2) is 42.7 Å². The minimum atomic E-state index is -0.531. The molecule has 1 aromatic heterocycles. The molecule has 0 unspecified atom stereocenters. The molecular formula is C19H17F2N3O2. The molecular weight excluding hydrogens is 340 g/mol. The number of methoxy groups -OCH3 is 2. The van der Waals surface area contributed by atoms with Gasteiger partial charge in [0.05, 0.1) is 25.6 Å². The van der Waals surface area contributed by atoms with Crippen molar-refractivity contribution in [3.8, 4) is 22.8 Å². The Hall–Kier alpha value is -3.22. The summed E-state index contributed by atoms with van der Waals surface area (Å²) >= 11 is 0. The number of aromatic nitrogens is 2. The van der Waals surface area contributed by atoms with Crippen molar-refractivity contribution in [3.05, 3.63) is 65.6 Å². The van der Waals surface area contributed by atoms with Crippen molar-refractivity contribution < 1.29 is 18.3 Å². The molecule has 0 saturated carbocycles. The lowest BCUT2D eigenvalue weighted by Crippen LogP contribution is -2.00. The zero-order valence-electron chi connectivity index (χ0n) is 14.3. The molecule has 0 aliphatic carbocycles. The normalized spacial score (nSPS) is 10.6. The summed E-state index contributed by atoms with van der Waals surface area (Å²) < 4.78 is 37.5. The second kappa shape index (κ2) is 7.35. The van der Waals surface area contributed by atoms with Gasteiger partial charge in [0.1, 0.15) is 17.9 Å². The molecule has 0 atom stereocenters. The maximum absolute atomic E-state index is 14.0. The van der Waals surface area contributed by atoms with Gasteiger partial charge in [-0.25, -0.2) is 18.7 Å². The number of ether oxygens (including phenoxy) is 2. The Morgan fingerprint density at radius 3 is 2.50 bits per heavy atom. The van der Waals surface area contributed by atoms with Crippen LogP contribution in [0.1, 0.15) is 11.3 Å². The quantitative estimate of drug-likeness (QED) is 0.707. The summed E-state index contributed by atoms with van der Waals surface area (Å²) in [5, 5.41) is 0. The van der Waals surface area contributed by atoms with Gasteiger partial charge in [-0.2, -0.15) is 0 Å². The van der Waals surface area contributed by atoms with Crippen molar-refractivity contribution in [1.29, 1.82) is 0 Å². The van der Waals surface area contributed by atoms with Crippen LogP contribution in [-0.4, -0.2) is 24.2 Å². The fraction of sp³-hybridized carbons (Fsp3) is 0.158. The molecule has 134 valence electrons. The van der Waals surface area contributed by atoms with Crippen LogP contribution in [0.2, 0.25) is 0 Å². The second-order valence-electron chi connectivity index (χ2n) is 5.62. The average Bonchev–Trinajstić information content (AvgIpc) is 2.61. The SMILES string of the molecule is COc1cc(F)ccc1-c1cc(Cc2cc(N)c(OC)c(F)c2)ncn1. The number of rotatable bonds is 5. The summed E-state index contributed by atoms with van der Waals surface area (Å²) in [5.74, 6) is -0.538. The van der Waals surface area contributed by atoms with Crippen molar-refractivity contribution in [3.63, 3.8) is 0 Å². The number of hydrogen-bond acceptors (Lipinski definition) is 5. The van der Waals surface area contributed by atoms with Crippen LogP contribution in [0, 0.1) is 11.6 Å². The number of nitrogen functional groups attached to an aromatic ring is 1. The van der Waals surface area contributed by atoms with Gasteiger partial charge >= 0.3 is 0 Å². The van der Waals surface area contributed by atoms with Gasteiger partial charge in [-0.3, -0.25) is 0 Å². The number of hydrogen-bond donors (Lipinski definition) is 1. The van der Waals surface area contributed by atoms with E-state index in [1.54, 1.807) is 18.2 Å². The first kappa shape index (κ1) is 17.6. The van der Waals surface area contributed by atoms with E-state index in [-0.39, 0.29) is 11.4 Å². The molecule has 3 aromatic rings. The summed E-state index contributed by atoms with van der Waals surface area (Å²) in [7, 11) is 2.82. The van der Waals surface area contributed by atoms with Crippen molar-refractivity contribution in [1.82, 2.24) is 9.97 Å². The van der Waals surface area contributed by atoms with E-state index in [0.717, 1.165) is 0 Å². The van der Waals surface area contributed by atoms with E-state index in [0.29, 0.717) is 34.7 Å². The highest BCUT2D eigenvalue weighted by molar-refractivity contribution is 5.67. The maximum Gasteiger partial charge on any atom is 0.177 e. The molecule has 0 aliphatic heterocycles. The van der Waals surface area contributed by atoms with Gasteiger partial charge in [0.15, 0.2) is 11.6 Å². The highest BCUT2D eigenvalue weighted by Gasteiger charge is 2.12. The fourth-order valence-corrected chi connectivity index (χ4v) is 2.72. The lowest BCUT2D eigenvalue weighted by Gasteiger charge is -2.10. The first-order valence-corrected chi connectivity index (χ1v) is 7.78. The van der Waals surface area contributed by atoms with Gasteiger partial charge in [-0.05, 0) is 35.9 Å². The van der Waals surface area contributed by atoms with Gasteiger partial charge in [-0.1, -0.05) is 0 Å². The number of anilines is 1. The van der Waals surface area contributed by atoms with Crippen molar-refractivity contribution in [2.24, 2.45) is 0 Å². The largest absolute Gasteiger partial charge is 0.496 e. The first-order valence-electron chi connectivity index (χ1n) is 7.78. The van der Waals surface area contributed by atoms with Crippen molar-refractivity contribution in [2.45, 2.75) is 6.42 Å². The number of halogens is 2. The molecule has 0 fully saturated rings. The van der Waals surface area contributed by atoms with Crippen LogP contribution in [0.5, 0.6) is 11.5 Å². The summed E-state index contributed by atoms with van der Waals surface area (Å²) in [6.07, 6.45) is 1.75. The molecule has 0 spiro atoms.